The first-order valence-corrected chi connectivity index (χ1v) is 12.4. The van der Waals surface area contributed by atoms with Crippen LogP contribution >= 0.6 is 0 Å². The number of rotatable bonds is 5. The van der Waals surface area contributed by atoms with Gasteiger partial charge >= 0.3 is 12.3 Å². The van der Waals surface area contributed by atoms with Crippen molar-refractivity contribution in [3.63, 3.8) is 0 Å². The molecule has 2 amide bonds. The first kappa shape index (κ1) is 26.5. The Bertz CT molecular complexity index is 1240. The van der Waals surface area contributed by atoms with Crippen LogP contribution in [0.25, 0.3) is 0 Å². The van der Waals surface area contributed by atoms with Gasteiger partial charge < -0.3 is 15.2 Å². The van der Waals surface area contributed by atoms with E-state index in [1.807, 2.05) is 0 Å². The first-order chi connectivity index (χ1) is 16.0. The number of hydrogen-bond donors (Lipinski definition) is 2. The fourth-order valence-corrected chi connectivity index (χ4v) is 4.31. The molecule has 1 heterocycles. The van der Waals surface area contributed by atoms with Gasteiger partial charge in [-0.1, -0.05) is 18.2 Å². The minimum absolute atomic E-state index is 0.0294. The summed E-state index contributed by atoms with van der Waals surface area (Å²) in [6, 6.07) is 7.48. The van der Waals surface area contributed by atoms with Gasteiger partial charge in [0.25, 0.3) is 5.91 Å². The first-order valence-electron chi connectivity index (χ1n) is 10.5. The van der Waals surface area contributed by atoms with Crippen molar-refractivity contribution < 1.29 is 41.0 Å². The summed E-state index contributed by atoms with van der Waals surface area (Å²) in [7, 11) is -3.53. The lowest BCUT2D eigenvalue weighted by Gasteiger charge is -2.27. The third-order valence-corrected chi connectivity index (χ3v) is 6.69. The van der Waals surface area contributed by atoms with Gasteiger partial charge in [-0.15, -0.1) is 0 Å². The van der Waals surface area contributed by atoms with E-state index in [9.17, 15) is 36.3 Å². The second kappa shape index (κ2) is 9.15. The highest BCUT2D eigenvalue weighted by molar-refractivity contribution is 7.90. The summed E-state index contributed by atoms with van der Waals surface area (Å²) < 4.78 is 68.3. The van der Waals surface area contributed by atoms with E-state index in [4.69, 9.17) is 4.74 Å². The lowest BCUT2D eigenvalue weighted by molar-refractivity contribution is -0.258. The smallest absolute Gasteiger partial charge is 0.421 e. The lowest BCUT2D eigenvalue weighted by atomic mass is 9.95. The number of nitrogens with one attached hydrogen (secondary N) is 1. The summed E-state index contributed by atoms with van der Waals surface area (Å²) in [5, 5.41) is 12.4. The van der Waals surface area contributed by atoms with Gasteiger partial charge in [-0.3, -0.25) is 9.69 Å². The molecule has 2 atom stereocenters. The zero-order chi connectivity index (χ0) is 26.3. The van der Waals surface area contributed by atoms with Crippen molar-refractivity contribution in [1.82, 2.24) is 4.90 Å². The van der Waals surface area contributed by atoms with Crippen molar-refractivity contribution in [2.24, 2.45) is 0 Å². The zero-order valence-electron chi connectivity index (χ0n) is 19.4. The molecule has 0 aliphatic carbocycles. The van der Waals surface area contributed by atoms with Crippen LogP contribution in [0.15, 0.2) is 47.4 Å². The van der Waals surface area contributed by atoms with Crippen LogP contribution in [0.2, 0.25) is 0 Å². The Morgan fingerprint density at radius 2 is 1.74 bits per heavy atom. The van der Waals surface area contributed by atoms with E-state index in [0.717, 1.165) is 23.3 Å². The Morgan fingerprint density at radius 3 is 2.26 bits per heavy atom. The predicted octanol–water partition coefficient (Wildman–Crippen LogP) is 3.90. The summed E-state index contributed by atoms with van der Waals surface area (Å²) in [4.78, 5) is 27.1. The number of hydrogen-bond acceptors (Lipinski definition) is 6. The number of aliphatic hydroxyl groups is 1. The van der Waals surface area contributed by atoms with E-state index in [2.05, 4.69) is 5.32 Å². The fraction of sp³-hybridized carbons (Fsp3) is 0.391. The van der Waals surface area contributed by atoms with Crippen LogP contribution < -0.4 is 5.32 Å². The van der Waals surface area contributed by atoms with Crippen LogP contribution in [0.4, 0.5) is 23.7 Å². The maximum atomic E-state index is 13.2. The van der Waals surface area contributed by atoms with Crippen molar-refractivity contribution in [2.45, 2.75) is 56.1 Å². The van der Waals surface area contributed by atoms with Crippen LogP contribution in [0.5, 0.6) is 0 Å². The quantitative estimate of drug-likeness (QED) is 0.626. The highest BCUT2D eigenvalue weighted by Gasteiger charge is 2.51. The predicted molar refractivity (Wildman–Crippen MR) is 120 cm³/mol. The molecule has 0 saturated heterocycles. The largest absolute Gasteiger partial charge is 0.447 e. The molecular formula is C23H25F3N2O6S. The van der Waals surface area contributed by atoms with Crippen LogP contribution in [-0.2, 0) is 31.5 Å². The Labute approximate surface area is 200 Å². The number of ether oxygens (including phenoxy) is 1. The molecule has 0 fully saturated rings. The number of benzene rings is 2. The average Bonchev–Trinajstić information content (AvgIpc) is 3.11. The second-order valence-corrected chi connectivity index (χ2v) is 10.7. The standard InChI is InChI=1S/C23H25F3N2O6S/c1-13(2)34-21(30)28-12-14-11-17(35(4,32)33)9-10-18(14)19(28)20(29)27-16-7-5-15(6-8-16)22(3,31)23(24,25)26/h5-11,13,19,31H,12H2,1-4H3,(H,27,29). The number of amides is 2. The van der Waals surface area contributed by atoms with Crippen LogP contribution in [-0.4, -0.2) is 49.0 Å². The van der Waals surface area contributed by atoms with Crippen LogP contribution in [0, 0.1) is 0 Å². The van der Waals surface area contributed by atoms with E-state index >= 15 is 0 Å². The van der Waals surface area contributed by atoms with Crippen molar-refractivity contribution in [3.05, 3.63) is 59.2 Å². The third-order valence-electron chi connectivity index (χ3n) is 5.58. The number of sulfone groups is 1. The molecule has 0 bridgehead atoms. The number of carbonyl (C=O) groups excluding carboxylic acids is 2. The molecule has 0 spiro atoms. The maximum Gasteiger partial charge on any atom is 0.421 e. The highest BCUT2D eigenvalue weighted by Crippen LogP contribution is 2.39. The number of anilines is 1. The Hall–Kier alpha value is -3.12. The number of carbonyl (C=O) groups is 2. The van der Waals surface area contributed by atoms with Gasteiger partial charge in [-0.25, -0.2) is 13.2 Å². The van der Waals surface area contributed by atoms with Crippen LogP contribution in [0.3, 0.4) is 0 Å². The molecular weight excluding hydrogens is 489 g/mol. The number of halogens is 3. The monoisotopic (exact) mass is 514 g/mol. The normalized spacial score (nSPS) is 17.6. The van der Waals surface area contributed by atoms with Gasteiger partial charge in [-0.05, 0) is 61.7 Å². The minimum Gasteiger partial charge on any atom is -0.447 e. The molecule has 8 nitrogen and oxygen atoms in total. The molecule has 0 aromatic heterocycles. The Balaban J connectivity index is 1.92. The molecule has 2 unspecified atom stereocenters. The van der Waals surface area contributed by atoms with E-state index in [1.165, 1.54) is 30.3 Å². The molecule has 2 aromatic carbocycles. The van der Waals surface area contributed by atoms with Gasteiger partial charge in [0, 0.05) is 11.9 Å². The molecule has 0 saturated carbocycles. The number of fused-ring (bicyclic) bond motifs is 1. The lowest BCUT2D eigenvalue weighted by Crippen LogP contribution is -2.39. The Kier molecular flexibility index (Phi) is 6.93. The zero-order valence-corrected chi connectivity index (χ0v) is 20.2. The molecule has 35 heavy (non-hydrogen) atoms. The maximum absolute atomic E-state index is 13.2. The average molecular weight is 515 g/mol. The molecule has 0 radical (unpaired) electrons. The summed E-state index contributed by atoms with van der Waals surface area (Å²) in [5.41, 5.74) is -2.51. The van der Waals surface area contributed by atoms with Gasteiger partial charge in [0.05, 0.1) is 17.5 Å². The molecule has 1 aliphatic rings. The third kappa shape index (κ3) is 5.43. The van der Waals surface area contributed by atoms with E-state index in [-0.39, 0.29) is 17.1 Å². The topological polar surface area (TPSA) is 113 Å². The SMILES string of the molecule is CC(C)OC(=O)N1Cc2cc(S(C)(=O)=O)ccc2C1C(=O)Nc1ccc(C(C)(O)C(F)(F)F)cc1. The van der Waals surface area contributed by atoms with Crippen molar-refractivity contribution >= 4 is 27.5 Å². The van der Waals surface area contributed by atoms with Gasteiger partial charge in [0.1, 0.15) is 6.04 Å². The number of nitrogens with zero attached hydrogens (tertiary/aromatic N) is 1. The molecule has 12 heteroatoms. The molecule has 190 valence electrons. The molecule has 2 aromatic rings. The fourth-order valence-electron chi connectivity index (χ4n) is 3.63. The molecule has 3 rings (SSSR count). The van der Waals surface area contributed by atoms with E-state index < -0.39 is 51.3 Å². The molecule has 2 N–H and O–H groups in total. The minimum atomic E-state index is -4.90. The Morgan fingerprint density at radius 1 is 1.14 bits per heavy atom. The van der Waals surface area contributed by atoms with Crippen molar-refractivity contribution in [2.75, 3.05) is 11.6 Å². The van der Waals surface area contributed by atoms with E-state index in [0.29, 0.717) is 18.1 Å². The molecule has 1 aliphatic heterocycles. The van der Waals surface area contributed by atoms with Crippen LogP contribution in [0.1, 0.15) is 43.5 Å². The van der Waals surface area contributed by atoms with Crippen molar-refractivity contribution in [1.29, 1.82) is 0 Å². The number of alkyl halides is 3. The summed E-state index contributed by atoms with van der Waals surface area (Å²) >= 11 is 0. The van der Waals surface area contributed by atoms with Crippen molar-refractivity contribution in [3.8, 4) is 0 Å². The summed E-state index contributed by atoms with van der Waals surface area (Å²) in [5.74, 6) is -0.674. The summed E-state index contributed by atoms with van der Waals surface area (Å²) in [6.45, 7) is 3.82. The summed E-state index contributed by atoms with van der Waals surface area (Å²) in [6.07, 6.45) is -5.12. The highest BCUT2D eigenvalue weighted by atomic mass is 32.2. The van der Waals surface area contributed by atoms with Gasteiger partial charge in [-0.2, -0.15) is 13.2 Å². The second-order valence-electron chi connectivity index (χ2n) is 8.73. The van der Waals surface area contributed by atoms with Gasteiger partial charge in [0.2, 0.25) is 0 Å². The van der Waals surface area contributed by atoms with Gasteiger partial charge in [0.15, 0.2) is 15.4 Å². The van der Waals surface area contributed by atoms with E-state index in [1.54, 1.807) is 13.8 Å².